The Bertz CT molecular complexity index is 395. The number of methoxy groups -OCH3 is 2. The number of rotatable bonds is 4. The van der Waals surface area contributed by atoms with Crippen LogP contribution in [0.15, 0.2) is 18.2 Å². The van der Waals surface area contributed by atoms with Gasteiger partial charge in [0.2, 0.25) is 0 Å². The van der Waals surface area contributed by atoms with Gasteiger partial charge in [-0.25, -0.2) is 0 Å². The van der Waals surface area contributed by atoms with Gasteiger partial charge in [-0.1, -0.05) is 12.8 Å². The molecule has 1 aliphatic carbocycles. The SMILES string of the molecule is COc1ccc(OC)c(N[C@H]2CCCC[C@H]2N)c1. The van der Waals surface area contributed by atoms with Crippen molar-refractivity contribution in [2.45, 2.75) is 37.8 Å². The van der Waals surface area contributed by atoms with E-state index >= 15 is 0 Å². The molecule has 0 spiro atoms. The summed E-state index contributed by atoms with van der Waals surface area (Å²) in [6.45, 7) is 0. The van der Waals surface area contributed by atoms with E-state index in [1.807, 2.05) is 18.2 Å². The third-order valence-corrected chi connectivity index (χ3v) is 3.57. The summed E-state index contributed by atoms with van der Waals surface area (Å²) in [6, 6.07) is 6.30. The zero-order valence-corrected chi connectivity index (χ0v) is 11.1. The molecule has 0 unspecified atom stereocenters. The van der Waals surface area contributed by atoms with Crippen LogP contribution in [0.2, 0.25) is 0 Å². The molecule has 3 N–H and O–H groups in total. The molecule has 1 aromatic carbocycles. The lowest BCUT2D eigenvalue weighted by molar-refractivity contribution is 0.392. The number of nitrogens with one attached hydrogen (secondary N) is 1. The van der Waals surface area contributed by atoms with Crippen molar-refractivity contribution >= 4 is 5.69 Å². The molecule has 1 aromatic rings. The quantitative estimate of drug-likeness (QED) is 0.861. The maximum absolute atomic E-state index is 6.15. The van der Waals surface area contributed by atoms with Crippen LogP contribution in [-0.4, -0.2) is 26.3 Å². The van der Waals surface area contributed by atoms with Crippen LogP contribution in [0.25, 0.3) is 0 Å². The Labute approximate surface area is 108 Å². The van der Waals surface area contributed by atoms with Crippen LogP contribution in [-0.2, 0) is 0 Å². The molecule has 4 nitrogen and oxygen atoms in total. The van der Waals surface area contributed by atoms with E-state index in [4.69, 9.17) is 15.2 Å². The van der Waals surface area contributed by atoms with Crippen molar-refractivity contribution in [1.82, 2.24) is 0 Å². The average molecular weight is 250 g/mol. The molecule has 2 atom stereocenters. The van der Waals surface area contributed by atoms with E-state index in [1.165, 1.54) is 12.8 Å². The van der Waals surface area contributed by atoms with E-state index in [0.717, 1.165) is 30.0 Å². The minimum absolute atomic E-state index is 0.217. The maximum Gasteiger partial charge on any atom is 0.142 e. The minimum Gasteiger partial charge on any atom is -0.497 e. The van der Waals surface area contributed by atoms with Crippen LogP contribution >= 0.6 is 0 Å². The Morgan fingerprint density at radius 1 is 1.17 bits per heavy atom. The van der Waals surface area contributed by atoms with Crippen LogP contribution < -0.4 is 20.5 Å². The van der Waals surface area contributed by atoms with Crippen molar-refractivity contribution in [1.29, 1.82) is 0 Å². The maximum atomic E-state index is 6.15. The van der Waals surface area contributed by atoms with E-state index in [9.17, 15) is 0 Å². The molecule has 2 rings (SSSR count). The van der Waals surface area contributed by atoms with E-state index in [2.05, 4.69) is 5.32 Å². The Hall–Kier alpha value is -1.42. The molecule has 1 saturated carbocycles. The highest BCUT2D eigenvalue weighted by Gasteiger charge is 2.22. The molecule has 0 aliphatic heterocycles. The Kier molecular flexibility index (Phi) is 4.31. The predicted octanol–water partition coefficient (Wildman–Crippen LogP) is 2.39. The number of anilines is 1. The van der Waals surface area contributed by atoms with Crippen LogP contribution in [0.5, 0.6) is 11.5 Å². The lowest BCUT2D eigenvalue weighted by Crippen LogP contribution is -2.42. The van der Waals surface area contributed by atoms with Gasteiger partial charge in [0.25, 0.3) is 0 Å². The molecule has 100 valence electrons. The average Bonchev–Trinajstić information content (AvgIpc) is 2.41. The van der Waals surface area contributed by atoms with Crippen LogP contribution in [0, 0.1) is 0 Å². The van der Waals surface area contributed by atoms with E-state index in [-0.39, 0.29) is 6.04 Å². The summed E-state index contributed by atoms with van der Waals surface area (Å²) in [7, 11) is 3.34. The Morgan fingerprint density at radius 3 is 2.61 bits per heavy atom. The van der Waals surface area contributed by atoms with Crippen molar-refractivity contribution in [3.05, 3.63) is 18.2 Å². The highest BCUT2D eigenvalue weighted by atomic mass is 16.5. The predicted molar refractivity (Wildman–Crippen MR) is 73.4 cm³/mol. The van der Waals surface area contributed by atoms with Gasteiger partial charge in [-0.05, 0) is 25.0 Å². The van der Waals surface area contributed by atoms with Gasteiger partial charge in [0.1, 0.15) is 11.5 Å². The summed E-state index contributed by atoms with van der Waals surface area (Å²) in [5, 5.41) is 3.49. The second kappa shape index (κ2) is 5.96. The fourth-order valence-corrected chi connectivity index (χ4v) is 2.47. The first-order valence-electron chi connectivity index (χ1n) is 6.48. The lowest BCUT2D eigenvalue weighted by atomic mass is 9.91. The zero-order chi connectivity index (χ0) is 13.0. The summed E-state index contributed by atoms with van der Waals surface area (Å²) in [5.41, 5.74) is 7.11. The summed E-state index contributed by atoms with van der Waals surface area (Å²) in [4.78, 5) is 0. The van der Waals surface area contributed by atoms with E-state index in [1.54, 1.807) is 14.2 Å². The van der Waals surface area contributed by atoms with Gasteiger partial charge in [0.05, 0.1) is 19.9 Å². The van der Waals surface area contributed by atoms with Gasteiger partial charge in [-0.3, -0.25) is 0 Å². The first-order valence-corrected chi connectivity index (χ1v) is 6.48. The minimum atomic E-state index is 0.217. The van der Waals surface area contributed by atoms with Crippen LogP contribution in [0.3, 0.4) is 0 Å². The molecule has 0 heterocycles. The molecule has 18 heavy (non-hydrogen) atoms. The fourth-order valence-electron chi connectivity index (χ4n) is 2.47. The first kappa shape index (κ1) is 13.0. The summed E-state index contributed by atoms with van der Waals surface area (Å²) in [5.74, 6) is 1.65. The van der Waals surface area contributed by atoms with E-state index in [0.29, 0.717) is 6.04 Å². The molecule has 0 bridgehead atoms. The number of hydrogen-bond donors (Lipinski definition) is 2. The van der Waals surface area contributed by atoms with Gasteiger partial charge in [-0.2, -0.15) is 0 Å². The Balaban J connectivity index is 2.15. The normalized spacial score (nSPS) is 23.5. The smallest absolute Gasteiger partial charge is 0.142 e. The van der Waals surface area contributed by atoms with E-state index < -0.39 is 0 Å². The zero-order valence-electron chi connectivity index (χ0n) is 11.1. The molecular formula is C14H22N2O2. The summed E-state index contributed by atoms with van der Waals surface area (Å²) < 4.78 is 10.6. The fraction of sp³-hybridized carbons (Fsp3) is 0.571. The van der Waals surface area contributed by atoms with Gasteiger partial charge < -0.3 is 20.5 Å². The van der Waals surface area contributed by atoms with Crippen molar-refractivity contribution in [2.75, 3.05) is 19.5 Å². The standard InChI is InChI=1S/C14H22N2O2/c1-17-10-7-8-14(18-2)13(9-10)16-12-6-4-3-5-11(12)15/h7-9,11-12,16H,3-6,15H2,1-2H3/t11-,12+/m1/s1. The van der Waals surface area contributed by atoms with Crippen LogP contribution in [0.4, 0.5) is 5.69 Å². The molecule has 1 fully saturated rings. The molecular weight excluding hydrogens is 228 g/mol. The highest BCUT2D eigenvalue weighted by Crippen LogP contribution is 2.31. The van der Waals surface area contributed by atoms with Gasteiger partial charge in [-0.15, -0.1) is 0 Å². The first-order chi connectivity index (χ1) is 8.74. The third-order valence-electron chi connectivity index (χ3n) is 3.57. The highest BCUT2D eigenvalue weighted by molar-refractivity contribution is 5.60. The molecule has 0 amide bonds. The molecule has 1 aliphatic rings. The number of ether oxygens (including phenoxy) is 2. The van der Waals surface area contributed by atoms with Gasteiger partial charge in [0, 0.05) is 18.2 Å². The van der Waals surface area contributed by atoms with Crippen molar-refractivity contribution in [3.8, 4) is 11.5 Å². The molecule has 0 aromatic heterocycles. The molecule has 0 saturated heterocycles. The van der Waals surface area contributed by atoms with Gasteiger partial charge >= 0.3 is 0 Å². The van der Waals surface area contributed by atoms with Crippen molar-refractivity contribution in [3.63, 3.8) is 0 Å². The largest absolute Gasteiger partial charge is 0.497 e. The molecule has 0 radical (unpaired) electrons. The summed E-state index contributed by atoms with van der Waals surface area (Å²) >= 11 is 0. The monoisotopic (exact) mass is 250 g/mol. The van der Waals surface area contributed by atoms with Crippen LogP contribution in [0.1, 0.15) is 25.7 Å². The number of benzene rings is 1. The third kappa shape index (κ3) is 2.88. The molecule has 4 heteroatoms. The van der Waals surface area contributed by atoms with Crippen molar-refractivity contribution in [2.24, 2.45) is 5.73 Å². The van der Waals surface area contributed by atoms with Crippen molar-refractivity contribution < 1.29 is 9.47 Å². The Morgan fingerprint density at radius 2 is 1.94 bits per heavy atom. The number of nitrogens with two attached hydrogens (primary N) is 1. The second-order valence-corrected chi connectivity index (χ2v) is 4.77. The second-order valence-electron chi connectivity index (χ2n) is 4.77. The van der Waals surface area contributed by atoms with Gasteiger partial charge in [0.15, 0.2) is 0 Å². The summed E-state index contributed by atoms with van der Waals surface area (Å²) in [6.07, 6.45) is 4.66. The lowest BCUT2D eigenvalue weighted by Gasteiger charge is -2.30. The number of hydrogen-bond acceptors (Lipinski definition) is 4. The topological polar surface area (TPSA) is 56.5 Å².